The van der Waals surface area contributed by atoms with E-state index in [2.05, 4.69) is 0 Å². The number of hydrogen-bond donors (Lipinski definition) is 0. The summed E-state index contributed by atoms with van der Waals surface area (Å²) in [7, 11) is 0. The van der Waals surface area contributed by atoms with Crippen molar-refractivity contribution in [3.8, 4) is 0 Å². The highest BCUT2D eigenvalue weighted by molar-refractivity contribution is 6.21. The van der Waals surface area contributed by atoms with Gasteiger partial charge in [0.1, 0.15) is 5.78 Å². The van der Waals surface area contributed by atoms with Crippen molar-refractivity contribution in [1.29, 1.82) is 0 Å². The average molecular weight is 271 g/mol. The van der Waals surface area contributed by atoms with Crippen molar-refractivity contribution in [1.82, 2.24) is 4.90 Å². The van der Waals surface area contributed by atoms with Crippen molar-refractivity contribution in [3.63, 3.8) is 0 Å². The van der Waals surface area contributed by atoms with Crippen LogP contribution in [0.3, 0.4) is 0 Å². The molecule has 1 unspecified atom stereocenters. The second-order valence-electron chi connectivity index (χ2n) is 5.64. The van der Waals surface area contributed by atoms with E-state index in [1.807, 2.05) is 6.92 Å². The third-order valence-electron chi connectivity index (χ3n) is 4.50. The van der Waals surface area contributed by atoms with Crippen molar-refractivity contribution < 1.29 is 14.4 Å². The largest absolute Gasteiger partial charge is 0.300 e. The molecular formula is C16H17NO3. The predicted molar refractivity (Wildman–Crippen MR) is 73.4 cm³/mol. The summed E-state index contributed by atoms with van der Waals surface area (Å²) in [4.78, 5) is 37.5. The van der Waals surface area contributed by atoms with Crippen LogP contribution >= 0.6 is 0 Å². The Morgan fingerprint density at radius 1 is 1.00 bits per heavy atom. The maximum absolute atomic E-state index is 12.4. The van der Waals surface area contributed by atoms with Crippen molar-refractivity contribution >= 4 is 17.6 Å². The number of fused-ring (bicyclic) bond motifs is 1. The summed E-state index contributed by atoms with van der Waals surface area (Å²) in [6, 6.07) is 6.81. The molecule has 0 spiro atoms. The molecular weight excluding hydrogens is 254 g/mol. The summed E-state index contributed by atoms with van der Waals surface area (Å²) in [5, 5.41) is 0. The van der Waals surface area contributed by atoms with Gasteiger partial charge in [0.2, 0.25) is 0 Å². The first kappa shape index (κ1) is 13.0. The van der Waals surface area contributed by atoms with Gasteiger partial charge in [0.25, 0.3) is 11.8 Å². The fraction of sp³-hybridized carbons (Fsp3) is 0.438. The molecule has 20 heavy (non-hydrogen) atoms. The second kappa shape index (κ2) is 4.85. The Morgan fingerprint density at radius 3 is 2.00 bits per heavy atom. The number of carbonyl (C=O) groups is 3. The van der Waals surface area contributed by atoms with Gasteiger partial charge in [0.15, 0.2) is 0 Å². The molecule has 2 aliphatic rings. The van der Waals surface area contributed by atoms with Gasteiger partial charge >= 0.3 is 0 Å². The number of hydrogen-bond acceptors (Lipinski definition) is 3. The van der Waals surface area contributed by atoms with Gasteiger partial charge in [-0.2, -0.15) is 0 Å². The van der Waals surface area contributed by atoms with E-state index in [9.17, 15) is 14.4 Å². The Labute approximate surface area is 117 Å². The van der Waals surface area contributed by atoms with Gasteiger partial charge in [-0.1, -0.05) is 12.1 Å². The number of imide groups is 1. The molecule has 104 valence electrons. The Hall–Kier alpha value is -1.97. The van der Waals surface area contributed by atoms with E-state index in [4.69, 9.17) is 0 Å². The normalized spacial score (nSPS) is 21.2. The number of benzene rings is 1. The van der Waals surface area contributed by atoms with Gasteiger partial charge in [0, 0.05) is 18.9 Å². The summed E-state index contributed by atoms with van der Waals surface area (Å²) in [6.07, 6.45) is 2.68. The molecule has 1 heterocycles. The molecule has 0 radical (unpaired) electrons. The van der Waals surface area contributed by atoms with E-state index in [1.54, 1.807) is 24.3 Å². The minimum absolute atomic E-state index is 0.143. The Balaban J connectivity index is 1.83. The van der Waals surface area contributed by atoms with Crippen LogP contribution in [0.25, 0.3) is 0 Å². The lowest BCUT2D eigenvalue weighted by atomic mass is 9.83. The molecule has 1 fully saturated rings. The van der Waals surface area contributed by atoms with Crippen LogP contribution in [0.1, 0.15) is 53.3 Å². The molecule has 3 rings (SSSR count). The molecule has 4 nitrogen and oxygen atoms in total. The molecule has 4 heteroatoms. The monoisotopic (exact) mass is 271 g/mol. The summed E-state index contributed by atoms with van der Waals surface area (Å²) in [6.45, 7) is 1.92. The third kappa shape index (κ3) is 1.96. The van der Waals surface area contributed by atoms with E-state index in [0.717, 1.165) is 12.8 Å². The Kier molecular flexibility index (Phi) is 3.16. The number of Topliss-reactive ketones (excluding diaryl/α,β-unsaturated/α-hetero) is 1. The van der Waals surface area contributed by atoms with Crippen LogP contribution in [0.5, 0.6) is 0 Å². The summed E-state index contributed by atoms with van der Waals surface area (Å²) in [5.41, 5.74) is 0.993. The van der Waals surface area contributed by atoms with E-state index in [1.165, 1.54) is 4.90 Å². The lowest BCUT2D eigenvalue weighted by molar-refractivity contribution is -0.121. The first-order valence-electron chi connectivity index (χ1n) is 7.08. The Morgan fingerprint density at radius 2 is 1.50 bits per heavy atom. The number of rotatable bonds is 2. The second-order valence-corrected chi connectivity index (χ2v) is 5.64. The fourth-order valence-corrected chi connectivity index (χ4v) is 3.23. The highest BCUT2D eigenvalue weighted by Gasteiger charge is 2.41. The fourth-order valence-electron chi connectivity index (χ4n) is 3.23. The average Bonchev–Trinajstić information content (AvgIpc) is 2.72. The maximum Gasteiger partial charge on any atom is 0.261 e. The van der Waals surface area contributed by atoms with Gasteiger partial charge in [-0.3, -0.25) is 19.3 Å². The maximum atomic E-state index is 12.4. The lowest BCUT2D eigenvalue weighted by Gasteiger charge is -2.32. The molecule has 1 saturated carbocycles. The number of nitrogens with zero attached hydrogens (tertiary/aromatic N) is 1. The molecule has 0 N–H and O–H groups in total. The van der Waals surface area contributed by atoms with Crippen LogP contribution in [0.2, 0.25) is 0 Å². The Bertz CT molecular complexity index is 548. The zero-order chi connectivity index (χ0) is 14.3. The number of amides is 2. The quantitative estimate of drug-likeness (QED) is 0.776. The highest BCUT2D eigenvalue weighted by Crippen LogP contribution is 2.32. The minimum Gasteiger partial charge on any atom is -0.300 e. The first-order valence-corrected chi connectivity index (χ1v) is 7.08. The van der Waals surface area contributed by atoms with E-state index < -0.39 is 0 Å². The van der Waals surface area contributed by atoms with Crippen LogP contribution in [-0.4, -0.2) is 28.5 Å². The minimum atomic E-state index is -0.199. The van der Waals surface area contributed by atoms with Crippen molar-refractivity contribution in [2.45, 2.75) is 38.6 Å². The number of ketones is 1. The lowest BCUT2D eigenvalue weighted by Crippen LogP contribution is -2.43. The molecule has 1 atom stereocenters. The van der Waals surface area contributed by atoms with Crippen LogP contribution in [0, 0.1) is 5.92 Å². The molecule has 0 aromatic heterocycles. The van der Waals surface area contributed by atoms with Crippen LogP contribution < -0.4 is 0 Å². The van der Waals surface area contributed by atoms with Crippen LogP contribution in [0.15, 0.2) is 24.3 Å². The van der Waals surface area contributed by atoms with Crippen molar-refractivity contribution in [2.24, 2.45) is 5.92 Å². The van der Waals surface area contributed by atoms with Crippen molar-refractivity contribution in [2.75, 3.05) is 0 Å². The highest BCUT2D eigenvalue weighted by atomic mass is 16.2. The number of carbonyl (C=O) groups excluding carboxylic acids is 3. The first-order chi connectivity index (χ1) is 9.59. The topological polar surface area (TPSA) is 54.5 Å². The molecule has 1 aliphatic heterocycles. The smallest absolute Gasteiger partial charge is 0.261 e. The molecule has 1 aliphatic carbocycles. The summed E-state index contributed by atoms with van der Waals surface area (Å²) in [5.74, 6) is 0.121. The molecule has 1 aromatic carbocycles. The van der Waals surface area contributed by atoms with Crippen LogP contribution in [0.4, 0.5) is 0 Å². The standard InChI is InChI=1S/C16H17NO3/c1-10(11-6-8-12(18)9-7-11)17-15(19)13-4-2-3-5-14(13)16(17)20/h2-5,10-11H,6-9H2,1H3. The molecule has 1 aromatic rings. The van der Waals surface area contributed by atoms with Gasteiger partial charge in [-0.05, 0) is 37.8 Å². The molecule has 2 amide bonds. The zero-order valence-electron chi connectivity index (χ0n) is 11.5. The van der Waals surface area contributed by atoms with Gasteiger partial charge < -0.3 is 0 Å². The molecule has 0 saturated heterocycles. The van der Waals surface area contributed by atoms with E-state index in [-0.39, 0.29) is 29.6 Å². The van der Waals surface area contributed by atoms with Gasteiger partial charge in [0.05, 0.1) is 11.1 Å². The van der Waals surface area contributed by atoms with E-state index >= 15 is 0 Å². The van der Waals surface area contributed by atoms with Crippen LogP contribution in [-0.2, 0) is 4.79 Å². The zero-order valence-corrected chi connectivity index (χ0v) is 11.5. The summed E-state index contributed by atoms with van der Waals surface area (Å²) < 4.78 is 0. The van der Waals surface area contributed by atoms with E-state index in [0.29, 0.717) is 24.0 Å². The SMILES string of the molecule is CC(C1CCC(=O)CC1)N1C(=O)c2ccccc2C1=O. The molecule has 0 bridgehead atoms. The predicted octanol–water partition coefficient (Wildman–Crippen LogP) is 2.43. The van der Waals surface area contributed by atoms with Gasteiger partial charge in [-0.25, -0.2) is 0 Å². The third-order valence-corrected chi connectivity index (χ3v) is 4.50. The summed E-state index contributed by atoms with van der Waals surface area (Å²) >= 11 is 0. The van der Waals surface area contributed by atoms with Gasteiger partial charge in [-0.15, -0.1) is 0 Å². The van der Waals surface area contributed by atoms with Crippen molar-refractivity contribution in [3.05, 3.63) is 35.4 Å².